The van der Waals surface area contributed by atoms with Gasteiger partial charge in [0, 0.05) is 37.9 Å². The van der Waals surface area contributed by atoms with Gasteiger partial charge in [-0.1, -0.05) is 24.0 Å². The number of aliphatic hydroxyl groups excluding tert-OH is 1. The van der Waals surface area contributed by atoms with E-state index in [-0.39, 0.29) is 23.7 Å². The number of rotatable bonds is 11. The number of aliphatic carboxylic acids is 1. The quantitative estimate of drug-likeness (QED) is 0.145. The number of benzene rings is 1. The molecule has 0 bridgehead atoms. The molecular weight excluding hydrogens is 492 g/mol. The number of carboxylic acids is 1. The van der Waals surface area contributed by atoms with E-state index in [1.165, 1.54) is 24.5 Å². The first-order chi connectivity index (χ1) is 17.0. The van der Waals surface area contributed by atoms with Gasteiger partial charge in [-0.15, -0.1) is 0 Å². The first kappa shape index (κ1) is 28.2. The summed E-state index contributed by atoms with van der Waals surface area (Å²) >= 11 is 0. The SMILES string of the molecule is CS(=O)(=O)c1ncc(C#CCCCC(=O)N[C@@H](Cc2ccc(O)cc2)C(=O)N[C@@H](CO)C(=O)O)cn1. The van der Waals surface area contributed by atoms with E-state index in [9.17, 15) is 27.9 Å². The van der Waals surface area contributed by atoms with Crippen molar-refractivity contribution in [2.75, 3.05) is 12.9 Å². The van der Waals surface area contributed by atoms with Crippen molar-refractivity contribution in [3.8, 4) is 17.6 Å². The third-order valence-electron chi connectivity index (χ3n) is 4.72. The number of nitrogens with one attached hydrogen (secondary N) is 2. The van der Waals surface area contributed by atoms with Gasteiger partial charge in [0.05, 0.1) is 12.2 Å². The second-order valence-electron chi connectivity index (χ2n) is 7.75. The van der Waals surface area contributed by atoms with Crippen molar-refractivity contribution in [3.05, 3.63) is 47.8 Å². The second kappa shape index (κ2) is 13.2. The second-order valence-corrected chi connectivity index (χ2v) is 9.66. The zero-order valence-corrected chi connectivity index (χ0v) is 20.2. The van der Waals surface area contributed by atoms with Crippen molar-refractivity contribution in [1.82, 2.24) is 20.6 Å². The number of amides is 2. The van der Waals surface area contributed by atoms with Crippen molar-refractivity contribution in [2.45, 2.75) is 42.9 Å². The number of phenolic OH excluding ortho intramolecular Hbond substituents is 1. The van der Waals surface area contributed by atoms with Crippen LogP contribution in [0.4, 0.5) is 0 Å². The third-order valence-corrected chi connectivity index (χ3v) is 5.60. The van der Waals surface area contributed by atoms with E-state index in [1.807, 2.05) is 0 Å². The minimum absolute atomic E-state index is 0.0222. The molecule has 2 rings (SSSR count). The lowest BCUT2D eigenvalue weighted by atomic mass is 10.0. The van der Waals surface area contributed by atoms with Gasteiger partial charge in [-0.05, 0) is 24.1 Å². The maximum atomic E-state index is 12.6. The van der Waals surface area contributed by atoms with Gasteiger partial charge in [0.15, 0.2) is 0 Å². The van der Waals surface area contributed by atoms with E-state index in [2.05, 4.69) is 32.4 Å². The summed E-state index contributed by atoms with van der Waals surface area (Å²) < 4.78 is 22.7. The molecule has 0 saturated heterocycles. The highest BCUT2D eigenvalue weighted by Crippen LogP contribution is 2.12. The van der Waals surface area contributed by atoms with Gasteiger partial charge in [0.25, 0.3) is 0 Å². The fourth-order valence-electron chi connectivity index (χ4n) is 2.88. The van der Waals surface area contributed by atoms with Gasteiger partial charge >= 0.3 is 5.97 Å². The first-order valence-corrected chi connectivity index (χ1v) is 12.6. The summed E-state index contributed by atoms with van der Waals surface area (Å²) in [5.74, 6) is 2.95. The molecule has 0 saturated carbocycles. The first-order valence-electron chi connectivity index (χ1n) is 10.7. The van der Waals surface area contributed by atoms with Crippen LogP contribution in [0.15, 0.2) is 41.8 Å². The number of hydrogen-bond acceptors (Lipinski definition) is 9. The predicted octanol–water partition coefficient (Wildman–Crippen LogP) is -0.603. The molecule has 2 aromatic rings. The molecule has 12 nitrogen and oxygen atoms in total. The molecule has 1 aromatic carbocycles. The van der Waals surface area contributed by atoms with Gasteiger partial charge in [0.1, 0.15) is 17.8 Å². The molecule has 0 spiro atoms. The Kier molecular flexibility index (Phi) is 10.3. The monoisotopic (exact) mass is 518 g/mol. The van der Waals surface area contributed by atoms with E-state index >= 15 is 0 Å². The van der Waals surface area contributed by atoms with Crippen molar-refractivity contribution >= 4 is 27.6 Å². The van der Waals surface area contributed by atoms with Gasteiger partial charge in [-0.25, -0.2) is 23.2 Å². The Morgan fingerprint density at radius 1 is 1.06 bits per heavy atom. The summed E-state index contributed by atoms with van der Waals surface area (Å²) in [6.07, 6.45) is 4.29. The summed E-state index contributed by atoms with van der Waals surface area (Å²) in [5.41, 5.74) is 1.02. The van der Waals surface area contributed by atoms with E-state index < -0.39 is 46.3 Å². The van der Waals surface area contributed by atoms with Crippen LogP contribution in [0.5, 0.6) is 5.75 Å². The van der Waals surface area contributed by atoms with Crippen LogP contribution in [0.1, 0.15) is 30.4 Å². The Labute approximate surface area is 207 Å². The Balaban J connectivity index is 1.95. The molecule has 0 fully saturated rings. The van der Waals surface area contributed by atoms with Crippen LogP contribution >= 0.6 is 0 Å². The molecule has 36 heavy (non-hydrogen) atoms. The topological polar surface area (TPSA) is 196 Å². The Morgan fingerprint density at radius 2 is 1.69 bits per heavy atom. The van der Waals surface area contributed by atoms with Crippen LogP contribution in [0.25, 0.3) is 0 Å². The highest BCUT2D eigenvalue weighted by atomic mass is 32.2. The van der Waals surface area contributed by atoms with E-state index in [0.717, 1.165) is 6.26 Å². The molecule has 0 aliphatic heterocycles. The number of aliphatic hydroxyl groups is 1. The number of aromatic nitrogens is 2. The van der Waals surface area contributed by atoms with Gasteiger partial charge < -0.3 is 26.0 Å². The number of carbonyl (C=O) groups excluding carboxylic acids is 2. The lowest BCUT2D eigenvalue weighted by Gasteiger charge is -2.21. The summed E-state index contributed by atoms with van der Waals surface area (Å²) in [6.45, 7) is -0.818. The van der Waals surface area contributed by atoms with Gasteiger partial charge in [0.2, 0.25) is 26.8 Å². The van der Waals surface area contributed by atoms with Crippen LogP contribution in [0, 0.1) is 11.8 Å². The maximum absolute atomic E-state index is 12.6. The smallest absolute Gasteiger partial charge is 0.328 e. The van der Waals surface area contributed by atoms with Crippen LogP contribution < -0.4 is 10.6 Å². The fraction of sp³-hybridized carbons (Fsp3) is 0.348. The number of nitrogens with zero attached hydrogens (tertiary/aromatic N) is 2. The lowest BCUT2D eigenvalue weighted by Crippen LogP contribution is -2.53. The average molecular weight is 519 g/mol. The van der Waals surface area contributed by atoms with Gasteiger partial charge in [-0.2, -0.15) is 0 Å². The molecule has 2 atom stereocenters. The van der Waals surface area contributed by atoms with E-state index in [0.29, 0.717) is 24.0 Å². The number of hydrogen-bond donors (Lipinski definition) is 5. The van der Waals surface area contributed by atoms with E-state index in [1.54, 1.807) is 12.1 Å². The molecule has 0 aliphatic rings. The lowest BCUT2D eigenvalue weighted by molar-refractivity contribution is -0.143. The van der Waals surface area contributed by atoms with E-state index in [4.69, 9.17) is 10.2 Å². The summed E-state index contributed by atoms with van der Waals surface area (Å²) in [5, 5.41) is 32.1. The van der Waals surface area contributed by atoms with Crippen LogP contribution in [-0.2, 0) is 30.6 Å². The zero-order valence-electron chi connectivity index (χ0n) is 19.3. The number of aromatic hydroxyl groups is 1. The summed E-state index contributed by atoms with van der Waals surface area (Å²) in [7, 11) is -3.51. The number of unbranched alkanes of at least 4 members (excludes halogenated alkanes) is 1. The Hall–Kier alpha value is -4.02. The molecule has 0 aliphatic carbocycles. The molecule has 0 unspecified atom stereocenters. The minimum Gasteiger partial charge on any atom is -0.508 e. The van der Waals surface area contributed by atoms with Crippen LogP contribution in [0.3, 0.4) is 0 Å². The van der Waals surface area contributed by atoms with Crippen molar-refractivity contribution in [3.63, 3.8) is 0 Å². The largest absolute Gasteiger partial charge is 0.508 e. The molecule has 5 N–H and O–H groups in total. The highest BCUT2D eigenvalue weighted by molar-refractivity contribution is 7.90. The molecule has 192 valence electrons. The molecule has 0 radical (unpaired) electrons. The molecule has 2 amide bonds. The number of phenols is 1. The van der Waals surface area contributed by atoms with Crippen LogP contribution in [0.2, 0.25) is 0 Å². The highest BCUT2D eigenvalue weighted by Gasteiger charge is 2.26. The number of carboxylic acid groups (broad SMARTS) is 1. The molecule has 13 heteroatoms. The maximum Gasteiger partial charge on any atom is 0.328 e. The normalized spacial score (nSPS) is 12.5. The summed E-state index contributed by atoms with van der Waals surface area (Å²) in [6, 6.07) is 3.31. The Morgan fingerprint density at radius 3 is 2.25 bits per heavy atom. The van der Waals surface area contributed by atoms with Crippen molar-refractivity contribution in [2.24, 2.45) is 0 Å². The Bertz CT molecular complexity index is 1240. The van der Waals surface area contributed by atoms with Crippen molar-refractivity contribution < 1.29 is 38.1 Å². The van der Waals surface area contributed by atoms with Gasteiger partial charge in [-0.3, -0.25) is 9.59 Å². The summed E-state index contributed by atoms with van der Waals surface area (Å²) in [4.78, 5) is 43.7. The third kappa shape index (κ3) is 9.32. The number of carbonyl (C=O) groups is 3. The molecular formula is C23H26N4O8S. The molecule has 1 aromatic heterocycles. The number of sulfone groups is 1. The standard InChI is InChI=1S/C23H26N4O8S/c1-36(34,35)23-24-12-16(13-25-23)5-3-2-4-6-20(30)26-18(11-15-7-9-17(29)10-8-15)21(31)27-19(14-28)22(32)33/h7-10,12-13,18-19,28-29H,2,4,6,11,14H2,1H3,(H,26,30)(H,27,31)(H,32,33)/t18-,19-/m0/s1. The predicted molar refractivity (Wildman–Crippen MR) is 126 cm³/mol. The van der Waals surface area contributed by atoms with Crippen LogP contribution in [-0.4, -0.2) is 76.4 Å². The van der Waals surface area contributed by atoms with Crippen molar-refractivity contribution in [1.29, 1.82) is 0 Å². The fourth-order valence-corrected chi connectivity index (χ4v) is 3.36. The minimum atomic E-state index is -3.51. The average Bonchev–Trinajstić information content (AvgIpc) is 2.82. The zero-order chi connectivity index (χ0) is 26.7. The molecule has 1 heterocycles.